The smallest absolute Gasteiger partial charge is 0.345 e. The minimum atomic E-state index is -0.953. The van der Waals surface area contributed by atoms with Crippen molar-refractivity contribution >= 4 is 11.9 Å². The molecule has 0 amide bonds. The van der Waals surface area contributed by atoms with E-state index in [1.165, 1.54) is 0 Å². The largest absolute Gasteiger partial charge is 0.481 e. The fraction of sp³-hybridized carbons (Fsp3) is 0.800. The van der Waals surface area contributed by atoms with E-state index < -0.39 is 28.7 Å². The van der Waals surface area contributed by atoms with Gasteiger partial charge in [-0.1, -0.05) is 13.8 Å². The highest BCUT2D eigenvalue weighted by Crippen LogP contribution is 2.56. The van der Waals surface area contributed by atoms with E-state index in [1.807, 2.05) is 0 Å². The van der Waals surface area contributed by atoms with Gasteiger partial charge in [-0.2, -0.15) is 5.26 Å². The maximum Gasteiger partial charge on any atom is 0.345 e. The summed E-state index contributed by atoms with van der Waals surface area (Å²) in [6.07, 6.45) is 0.838. The van der Waals surface area contributed by atoms with Gasteiger partial charge in [-0.25, -0.2) is 4.79 Å². The third kappa shape index (κ3) is 1.51. The van der Waals surface area contributed by atoms with Crippen LogP contribution in [0.15, 0.2) is 0 Å². The van der Waals surface area contributed by atoms with Crippen LogP contribution in [0.4, 0.5) is 0 Å². The van der Waals surface area contributed by atoms with Crippen LogP contribution in [0.25, 0.3) is 0 Å². The average Bonchev–Trinajstić information content (AvgIpc) is 2.39. The Balaban J connectivity index is 3.04. The van der Waals surface area contributed by atoms with Gasteiger partial charge in [-0.3, -0.25) is 4.79 Å². The van der Waals surface area contributed by atoms with Gasteiger partial charge in [0.25, 0.3) is 0 Å². The van der Waals surface area contributed by atoms with Crippen molar-refractivity contribution in [3.8, 4) is 0 Å². The molecular weight excluding hydrogens is 200 g/mol. The van der Waals surface area contributed by atoms with E-state index >= 15 is 0 Å². The molecule has 0 spiro atoms. The Hall–Kier alpha value is -1.10. The Morgan fingerprint density at radius 3 is 2.20 bits per heavy atom. The molecule has 0 aromatic heterocycles. The maximum absolute atomic E-state index is 11.3. The van der Waals surface area contributed by atoms with Gasteiger partial charge >= 0.3 is 11.9 Å². The van der Waals surface area contributed by atoms with E-state index in [-0.39, 0.29) is 0 Å². The molecule has 2 atom stereocenters. The Labute approximate surface area is 88.0 Å². The Bertz CT molecular complexity index is 296. The lowest BCUT2D eigenvalue weighted by Gasteiger charge is -2.36. The molecule has 1 aliphatic rings. The molecule has 2 unspecified atom stereocenters. The van der Waals surface area contributed by atoms with Gasteiger partial charge in [0, 0.05) is 0 Å². The number of hydrogen-bond acceptors (Lipinski definition) is 4. The van der Waals surface area contributed by atoms with Crippen LogP contribution in [0.3, 0.4) is 0 Å². The normalized spacial score (nSPS) is 33.7. The highest BCUT2D eigenvalue weighted by atomic mass is 17.1. The van der Waals surface area contributed by atoms with Crippen molar-refractivity contribution in [2.24, 2.45) is 16.7 Å². The molecule has 2 N–H and O–H groups in total. The molecule has 5 heteroatoms. The van der Waals surface area contributed by atoms with Crippen molar-refractivity contribution in [1.82, 2.24) is 0 Å². The molecule has 1 fully saturated rings. The SMILES string of the molecule is CC1(C(=O)O)CCC(C(=O)OO)C1(C)C. The number of hydrogen-bond donors (Lipinski definition) is 2. The van der Waals surface area contributed by atoms with Crippen molar-refractivity contribution < 1.29 is 24.8 Å². The van der Waals surface area contributed by atoms with Crippen molar-refractivity contribution in [1.29, 1.82) is 0 Å². The second kappa shape index (κ2) is 3.48. The summed E-state index contributed by atoms with van der Waals surface area (Å²) in [5.74, 6) is -2.23. The first-order chi connectivity index (χ1) is 6.77. The Morgan fingerprint density at radius 2 is 1.87 bits per heavy atom. The third-order valence-corrected chi connectivity index (χ3v) is 4.07. The standard InChI is InChI=1S/C10H16O5/c1-9(2)6(7(11)15-14)4-5-10(9,3)8(12)13/h6,14H,4-5H2,1-3H3,(H,12,13). The minimum absolute atomic E-state index is 0.412. The van der Waals surface area contributed by atoms with E-state index in [0.29, 0.717) is 12.8 Å². The summed E-state index contributed by atoms with van der Waals surface area (Å²) in [6.45, 7) is 5.06. The third-order valence-electron chi connectivity index (χ3n) is 4.07. The Morgan fingerprint density at radius 1 is 1.33 bits per heavy atom. The van der Waals surface area contributed by atoms with Crippen LogP contribution in [0.5, 0.6) is 0 Å². The monoisotopic (exact) mass is 216 g/mol. The second-order valence-electron chi connectivity index (χ2n) is 4.86. The van der Waals surface area contributed by atoms with Gasteiger partial charge in [-0.05, 0) is 25.2 Å². The molecule has 0 aromatic rings. The summed E-state index contributed by atoms with van der Waals surface area (Å²) in [5, 5.41) is 17.5. The van der Waals surface area contributed by atoms with Crippen LogP contribution in [0.1, 0.15) is 33.6 Å². The molecule has 0 bridgehead atoms. The molecule has 0 aromatic carbocycles. The summed E-state index contributed by atoms with van der Waals surface area (Å²) < 4.78 is 0. The molecule has 86 valence electrons. The van der Waals surface area contributed by atoms with E-state index in [9.17, 15) is 9.59 Å². The zero-order valence-electron chi connectivity index (χ0n) is 9.11. The van der Waals surface area contributed by atoms with Gasteiger partial charge in [0.15, 0.2) is 0 Å². The summed E-state index contributed by atoms with van der Waals surface area (Å²) >= 11 is 0. The highest BCUT2D eigenvalue weighted by molar-refractivity contribution is 5.80. The first-order valence-electron chi connectivity index (χ1n) is 4.86. The van der Waals surface area contributed by atoms with E-state index in [0.717, 1.165) is 0 Å². The van der Waals surface area contributed by atoms with Gasteiger partial charge < -0.3 is 9.99 Å². The van der Waals surface area contributed by atoms with Crippen molar-refractivity contribution in [3.63, 3.8) is 0 Å². The van der Waals surface area contributed by atoms with Crippen molar-refractivity contribution in [3.05, 3.63) is 0 Å². The maximum atomic E-state index is 11.3. The predicted molar refractivity (Wildman–Crippen MR) is 51.0 cm³/mol. The highest BCUT2D eigenvalue weighted by Gasteiger charge is 2.59. The fourth-order valence-electron chi connectivity index (χ4n) is 2.36. The van der Waals surface area contributed by atoms with Crippen LogP contribution < -0.4 is 0 Å². The van der Waals surface area contributed by atoms with Crippen molar-refractivity contribution in [2.75, 3.05) is 0 Å². The predicted octanol–water partition coefficient (Wildman–Crippen LogP) is 1.53. The quantitative estimate of drug-likeness (QED) is 0.540. The first-order valence-corrected chi connectivity index (χ1v) is 4.86. The molecule has 1 rings (SSSR count). The van der Waals surface area contributed by atoms with Crippen LogP contribution in [-0.2, 0) is 14.5 Å². The lowest BCUT2D eigenvalue weighted by molar-refractivity contribution is -0.242. The lowest BCUT2D eigenvalue weighted by Crippen LogP contribution is -2.42. The summed E-state index contributed by atoms with van der Waals surface area (Å²) in [5.41, 5.74) is -1.68. The molecule has 1 aliphatic carbocycles. The van der Waals surface area contributed by atoms with E-state index in [2.05, 4.69) is 4.89 Å². The molecule has 0 saturated heterocycles. The van der Waals surface area contributed by atoms with Crippen LogP contribution >= 0.6 is 0 Å². The number of aliphatic carboxylic acids is 1. The van der Waals surface area contributed by atoms with Crippen LogP contribution in [0.2, 0.25) is 0 Å². The fourth-order valence-corrected chi connectivity index (χ4v) is 2.36. The molecule has 0 radical (unpaired) electrons. The molecular formula is C10H16O5. The number of carbonyl (C=O) groups excluding carboxylic acids is 1. The molecule has 0 aliphatic heterocycles. The molecule has 15 heavy (non-hydrogen) atoms. The average molecular weight is 216 g/mol. The van der Waals surface area contributed by atoms with Gasteiger partial charge in [-0.15, -0.1) is 0 Å². The van der Waals surface area contributed by atoms with Crippen LogP contribution in [0, 0.1) is 16.7 Å². The summed E-state index contributed by atoms with van der Waals surface area (Å²) in [6, 6.07) is 0. The van der Waals surface area contributed by atoms with Gasteiger partial charge in [0.1, 0.15) is 0 Å². The summed E-state index contributed by atoms with van der Waals surface area (Å²) in [7, 11) is 0. The number of carboxylic acids is 1. The van der Waals surface area contributed by atoms with Crippen LogP contribution in [-0.4, -0.2) is 22.3 Å². The zero-order valence-corrected chi connectivity index (χ0v) is 9.11. The lowest BCUT2D eigenvalue weighted by atomic mass is 9.66. The summed E-state index contributed by atoms with van der Waals surface area (Å²) in [4.78, 5) is 26.2. The number of carboxylic acid groups (broad SMARTS) is 1. The molecule has 5 nitrogen and oxygen atoms in total. The number of rotatable bonds is 2. The topological polar surface area (TPSA) is 83.8 Å². The second-order valence-corrected chi connectivity index (χ2v) is 4.86. The van der Waals surface area contributed by atoms with E-state index in [1.54, 1.807) is 20.8 Å². The first kappa shape index (κ1) is 12.0. The van der Waals surface area contributed by atoms with Gasteiger partial charge in [0.2, 0.25) is 0 Å². The molecule has 1 saturated carbocycles. The molecule has 0 heterocycles. The van der Waals surface area contributed by atoms with Gasteiger partial charge in [0.05, 0.1) is 11.3 Å². The van der Waals surface area contributed by atoms with E-state index in [4.69, 9.17) is 10.4 Å². The van der Waals surface area contributed by atoms with Crippen molar-refractivity contribution in [2.45, 2.75) is 33.6 Å². The number of carbonyl (C=O) groups is 2. The minimum Gasteiger partial charge on any atom is -0.481 e. The zero-order chi connectivity index (χ0) is 11.9. The Kier molecular flexibility index (Phi) is 2.78.